The van der Waals surface area contributed by atoms with Crippen LogP contribution in [0.15, 0.2) is 48.5 Å². The molecule has 4 aliphatic rings. The quantitative estimate of drug-likeness (QED) is 0.742. The molecule has 2 aromatic rings. The van der Waals surface area contributed by atoms with Crippen molar-refractivity contribution in [3.8, 4) is 0 Å². The van der Waals surface area contributed by atoms with Gasteiger partial charge in [0.25, 0.3) is 11.8 Å². The zero-order valence-electron chi connectivity index (χ0n) is 18.9. The molecule has 6 nitrogen and oxygen atoms in total. The van der Waals surface area contributed by atoms with Gasteiger partial charge in [-0.05, 0) is 54.7 Å². The smallest absolute Gasteiger partial charge is 0.253 e. The second kappa shape index (κ2) is 8.26. The predicted molar refractivity (Wildman–Crippen MR) is 125 cm³/mol. The molecule has 0 aromatic heterocycles. The Balaban J connectivity index is 1.05. The highest BCUT2D eigenvalue weighted by Gasteiger charge is 2.50. The molecule has 3 atom stereocenters. The first-order valence-corrected chi connectivity index (χ1v) is 12.2. The third-order valence-corrected chi connectivity index (χ3v) is 8.24. The summed E-state index contributed by atoms with van der Waals surface area (Å²) >= 11 is 0. The van der Waals surface area contributed by atoms with Crippen LogP contribution < -0.4 is 10.6 Å². The van der Waals surface area contributed by atoms with Gasteiger partial charge in [-0.25, -0.2) is 0 Å². The van der Waals surface area contributed by atoms with Gasteiger partial charge in [0.15, 0.2) is 0 Å². The number of ether oxygens (including phenoxy) is 1. The topological polar surface area (TPSA) is 70.7 Å². The first-order valence-electron chi connectivity index (χ1n) is 12.2. The fourth-order valence-corrected chi connectivity index (χ4v) is 5.85. The van der Waals surface area contributed by atoms with E-state index < -0.39 is 0 Å². The molecule has 33 heavy (non-hydrogen) atoms. The largest absolute Gasteiger partial charge is 0.381 e. The number of nitrogens with zero attached hydrogens (tertiary/aromatic N) is 1. The fraction of sp³-hybridized carbons (Fsp3) is 0.481. The van der Waals surface area contributed by atoms with Crippen LogP contribution in [0.5, 0.6) is 0 Å². The Morgan fingerprint density at radius 2 is 1.64 bits per heavy atom. The molecule has 2 aromatic carbocycles. The van der Waals surface area contributed by atoms with Crippen LogP contribution in [-0.4, -0.2) is 55.6 Å². The predicted octanol–water partition coefficient (Wildman–Crippen LogP) is 2.63. The zero-order chi connectivity index (χ0) is 22.4. The summed E-state index contributed by atoms with van der Waals surface area (Å²) in [6.07, 6.45) is 3.31. The minimum absolute atomic E-state index is 0.0527. The van der Waals surface area contributed by atoms with Crippen LogP contribution in [0.25, 0.3) is 0 Å². The summed E-state index contributed by atoms with van der Waals surface area (Å²) in [6.45, 7) is 4.65. The molecule has 3 aliphatic heterocycles. The molecule has 2 unspecified atom stereocenters. The van der Waals surface area contributed by atoms with Crippen LogP contribution in [0, 0.1) is 17.3 Å². The van der Waals surface area contributed by atoms with E-state index in [9.17, 15) is 9.59 Å². The van der Waals surface area contributed by atoms with Crippen LogP contribution in [-0.2, 0) is 17.7 Å². The van der Waals surface area contributed by atoms with Crippen molar-refractivity contribution in [2.24, 2.45) is 17.3 Å². The van der Waals surface area contributed by atoms with Gasteiger partial charge >= 0.3 is 0 Å². The molecule has 6 rings (SSSR count). The van der Waals surface area contributed by atoms with Crippen molar-refractivity contribution < 1.29 is 14.3 Å². The molecule has 6 heteroatoms. The van der Waals surface area contributed by atoms with Gasteiger partial charge in [0.05, 0.1) is 13.2 Å². The molecule has 0 spiro atoms. The third-order valence-electron chi connectivity index (χ3n) is 8.24. The number of likely N-dealkylation sites (tertiary alicyclic amines) is 1. The molecule has 3 heterocycles. The third kappa shape index (κ3) is 3.96. The van der Waals surface area contributed by atoms with Gasteiger partial charge in [0, 0.05) is 60.6 Å². The van der Waals surface area contributed by atoms with Crippen molar-refractivity contribution in [1.29, 1.82) is 0 Å². The molecular formula is C27H31N3O3. The van der Waals surface area contributed by atoms with Crippen molar-refractivity contribution >= 4 is 11.8 Å². The van der Waals surface area contributed by atoms with Crippen molar-refractivity contribution in [3.63, 3.8) is 0 Å². The molecule has 172 valence electrons. The van der Waals surface area contributed by atoms with E-state index in [1.54, 1.807) is 24.3 Å². The van der Waals surface area contributed by atoms with E-state index in [4.69, 9.17) is 4.74 Å². The number of amides is 2. The molecule has 0 radical (unpaired) electrons. The second-order valence-electron chi connectivity index (χ2n) is 10.3. The number of carbonyl (C=O) groups excluding carboxylic acids is 2. The molecule has 0 bridgehead atoms. The van der Waals surface area contributed by atoms with Crippen LogP contribution in [0.3, 0.4) is 0 Å². The molecule has 2 amide bonds. The molecule has 3 fully saturated rings. The number of carbonyl (C=O) groups is 2. The first kappa shape index (κ1) is 20.9. The van der Waals surface area contributed by atoms with E-state index in [2.05, 4.69) is 34.9 Å². The van der Waals surface area contributed by atoms with Crippen molar-refractivity contribution in [2.45, 2.75) is 31.8 Å². The molecule has 2 N–H and O–H groups in total. The van der Waals surface area contributed by atoms with Crippen molar-refractivity contribution in [1.82, 2.24) is 15.5 Å². The molecular weight excluding hydrogens is 414 g/mol. The minimum atomic E-state index is -0.0654. The number of hydrogen-bond acceptors (Lipinski definition) is 4. The summed E-state index contributed by atoms with van der Waals surface area (Å²) in [6, 6.07) is 16.1. The van der Waals surface area contributed by atoms with Gasteiger partial charge in [-0.2, -0.15) is 0 Å². The van der Waals surface area contributed by atoms with Crippen LogP contribution >= 0.6 is 0 Å². The van der Waals surface area contributed by atoms with E-state index in [1.807, 2.05) is 4.90 Å². The summed E-state index contributed by atoms with van der Waals surface area (Å²) < 4.78 is 5.51. The number of rotatable bonds is 5. The minimum Gasteiger partial charge on any atom is -0.381 e. The van der Waals surface area contributed by atoms with E-state index in [1.165, 1.54) is 11.1 Å². The summed E-state index contributed by atoms with van der Waals surface area (Å²) in [5, 5.41) is 6.87. The van der Waals surface area contributed by atoms with Gasteiger partial charge < -0.3 is 20.3 Å². The zero-order valence-corrected chi connectivity index (χ0v) is 18.9. The fourth-order valence-electron chi connectivity index (χ4n) is 5.85. The monoisotopic (exact) mass is 445 g/mol. The number of nitrogens with one attached hydrogen (secondary N) is 2. The molecule has 2 saturated heterocycles. The van der Waals surface area contributed by atoms with E-state index in [-0.39, 0.29) is 17.2 Å². The summed E-state index contributed by atoms with van der Waals surface area (Å²) in [4.78, 5) is 27.6. The Morgan fingerprint density at radius 3 is 2.33 bits per heavy atom. The Hall–Kier alpha value is -2.70. The number of benzene rings is 2. The Kier molecular flexibility index (Phi) is 5.23. The lowest BCUT2D eigenvalue weighted by Gasteiger charge is -2.33. The lowest BCUT2D eigenvalue weighted by atomic mass is 9.86. The molecule has 1 aliphatic carbocycles. The Bertz CT molecular complexity index is 1050. The van der Waals surface area contributed by atoms with Crippen molar-refractivity contribution in [2.75, 3.05) is 32.8 Å². The highest BCUT2D eigenvalue weighted by molar-refractivity contribution is 5.98. The van der Waals surface area contributed by atoms with E-state index in [0.717, 1.165) is 52.1 Å². The van der Waals surface area contributed by atoms with Crippen LogP contribution in [0.2, 0.25) is 0 Å². The summed E-state index contributed by atoms with van der Waals surface area (Å²) in [5.74, 6) is 0.933. The normalized spacial score (nSPS) is 27.0. The van der Waals surface area contributed by atoms with Gasteiger partial charge in [-0.15, -0.1) is 0 Å². The summed E-state index contributed by atoms with van der Waals surface area (Å²) in [7, 11) is 0. The highest BCUT2D eigenvalue weighted by atomic mass is 16.5. The first-order chi connectivity index (χ1) is 16.1. The van der Waals surface area contributed by atoms with Crippen LogP contribution in [0.4, 0.5) is 0 Å². The Labute approximate surface area is 194 Å². The SMILES string of the molecule is O=C(NCC1([C@@H]2Cc3ccccc3CN2)CC1)c1ccc(C(=O)N2CC3COCC3C2)cc1. The second-order valence-corrected chi connectivity index (χ2v) is 10.3. The van der Waals surface area contributed by atoms with Crippen molar-refractivity contribution in [3.05, 3.63) is 70.8 Å². The van der Waals surface area contributed by atoms with E-state index >= 15 is 0 Å². The maximum absolute atomic E-state index is 12.9. The standard InChI is InChI=1S/C27H31N3O3/c31-25(29-17-27(9-10-27)24-11-20-3-1-2-4-21(20)12-28-24)18-5-7-19(8-6-18)26(32)30-13-22-15-33-16-23(22)14-30/h1-8,22-24,28H,9-17H2,(H,29,31)/t22?,23?,24-/m0/s1. The van der Waals surface area contributed by atoms with Crippen LogP contribution in [0.1, 0.15) is 44.7 Å². The maximum Gasteiger partial charge on any atom is 0.253 e. The highest BCUT2D eigenvalue weighted by Crippen LogP contribution is 2.50. The average molecular weight is 446 g/mol. The Morgan fingerprint density at radius 1 is 0.970 bits per heavy atom. The lowest BCUT2D eigenvalue weighted by Crippen LogP contribution is -2.47. The van der Waals surface area contributed by atoms with Gasteiger partial charge in [0.1, 0.15) is 0 Å². The van der Waals surface area contributed by atoms with Gasteiger partial charge in [0.2, 0.25) is 0 Å². The number of hydrogen-bond donors (Lipinski definition) is 2. The maximum atomic E-state index is 12.9. The number of fused-ring (bicyclic) bond motifs is 2. The van der Waals surface area contributed by atoms with Gasteiger partial charge in [-0.3, -0.25) is 9.59 Å². The molecule has 1 saturated carbocycles. The lowest BCUT2D eigenvalue weighted by molar-refractivity contribution is 0.0750. The van der Waals surface area contributed by atoms with Gasteiger partial charge in [-0.1, -0.05) is 24.3 Å². The average Bonchev–Trinajstić information content (AvgIpc) is 3.34. The van der Waals surface area contributed by atoms with E-state index in [0.29, 0.717) is 35.5 Å². The summed E-state index contributed by atoms with van der Waals surface area (Å²) in [5.41, 5.74) is 4.21.